The summed E-state index contributed by atoms with van der Waals surface area (Å²) in [6.07, 6.45) is 0.945. The maximum Gasteiger partial charge on any atom is 0.353 e. The fraction of sp³-hybridized carbons (Fsp3) is 0.688. The monoisotopic (exact) mass is 382 g/mol. The van der Waals surface area contributed by atoms with Gasteiger partial charge in [-0.25, -0.2) is 10.2 Å². The van der Waals surface area contributed by atoms with E-state index in [1.165, 1.54) is 16.7 Å². The first-order chi connectivity index (χ1) is 12.4. The molecule has 4 aliphatic rings. The van der Waals surface area contributed by atoms with Gasteiger partial charge in [0.15, 0.2) is 0 Å². The smallest absolute Gasteiger partial charge is 0.353 e. The van der Waals surface area contributed by atoms with E-state index in [2.05, 4.69) is 16.2 Å². The summed E-state index contributed by atoms with van der Waals surface area (Å²) < 4.78 is 0. The van der Waals surface area contributed by atoms with Crippen LogP contribution >= 0.6 is 11.8 Å². The summed E-state index contributed by atoms with van der Waals surface area (Å²) in [5.74, 6) is -1.94. The minimum atomic E-state index is -1.10. The zero-order valence-corrected chi connectivity index (χ0v) is 15.1. The van der Waals surface area contributed by atoms with Crippen molar-refractivity contribution in [3.63, 3.8) is 0 Å². The van der Waals surface area contributed by atoms with E-state index >= 15 is 0 Å². The molecule has 0 aromatic carbocycles. The molecule has 0 aromatic rings. The molecule has 4 rings (SSSR count). The third-order valence-electron chi connectivity index (χ3n) is 5.61. The van der Waals surface area contributed by atoms with Gasteiger partial charge in [-0.15, -0.1) is 11.8 Å². The molecule has 1 unspecified atom stereocenters. The molecule has 4 heterocycles. The van der Waals surface area contributed by atoms with Crippen LogP contribution in [-0.4, -0.2) is 68.9 Å². The van der Waals surface area contributed by atoms with Gasteiger partial charge in [-0.05, 0) is 13.3 Å². The fourth-order valence-corrected chi connectivity index (χ4v) is 5.83. The second-order valence-corrected chi connectivity index (χ2v) is 8.71. The molecule has 0 saturated carbocycles. The molecular formula is C16H22N4O5S. The molecule has 0 aromatic heterocycles. The van der Waals surface area contributed by atoms with Gasteiger partial charge in [0.25, 0.3) is 0 Å². The number of nitrogens with zero attached hydrogens (tertiary/aromatic N) is 1. The van der Waals surface area contributed by atoms with Crippen LogP contribution in [0.5, 0.6) is 0 Å². The van der Waals surface area contributed by atoms with Gasteiger partial charge in [0.05, 0.1) is 24.1 Å². The Kier molecular flexibility index (Phi) is 4.46. The van der Waals surface area contributed by atoms with Crippen molar-refractivity contribution in [2.45, 2.75) is 55.7 Å². The Morgan fingerprint density at radius 1 is 1.31 bits per heavy atom. The van der Waals surface area contributed by atoms with Crippen LogP contribution in [0.1, 0.15) is 26.2 Å². The summed E-state index contributed by atoms with van der Waals surface area (Å²) >= 11 is 1.51. The number of carbonyl (C=O) groups excluding carboxylic acids is 2. The van der Waals surface area contributed by atoms with Crippen LogP contribution in [0.4, 0.5) is 0 Å². The van der Waals surface area contributed by atoms with Crippen molar-refractivity contribution in [1.29, 1.82) is 0 Å². The van der Waals surface area contributed by atoms with Gasteiger partial charge in [-0.1, -0.05) is 0 Å². The van der Waals surface area contributed by atoms with E-state index in [1.807, 2.05) is 0 Å². The highest BCUT2D eigenvalue weighted by Crippen LogP contribution is 2.48. The van der Waals surface area contributed by atoms with Crippen LogP contribution in [0.3, 0.4) is 0 Å². The molecule has 10 heteroatoms. The predicted molar refractivity (Wildman–Crippen MR) is 92.6 cm³/mol. The molecule has 0 radical (unpaired) electrons. The molecule has 3 fully saturated rings. The van der Waals surface area contributed by atoms with Crippen molar-refractivity contribution in [2.75, 3.05) is 6.54 Å². The number of fused-ring (bicyclic) bond motifs is 1. The topological polar surface area (TPSA) is 131 Å². The number of hydrogen-bond acceptors (Lipinski definition) is 7. The molecule has 6 atom stereocenters. The molecule has 0 spiro atoms. The highest BCUT2D eigenvalue weighted by atomic mass is 32.2. The lowest BCUT2D eigenvalue weighted by Crippen LogP contribution is -2.61. The van der Waals surface area contributed by atoms with Gasteiger partial charge >= 0.3 is 5.97 Å². The Balaban J connectivity index is 1.44. The third-order valence-corrected chi connectivity index (χ3v) is 6.95. The van der Waals surface area contributed by atoms with E-state index in [0.717, 1.165) is 13.0 Å². The Labute approximate surface area is 154 Å². The average molecular weight is 382 g/mol. The van der Waals surface area contributed by atoms with Gasteiger partial charge in [0.2, 0.25) is 11.8 Å². The van der Waals surface area contributed by atoms with Crippen LogP contribution in [0.25, 0.3) is 0 Å². The van der Waals surface area contributed by atoms with E-state index in [0.29, 0.717) is 17.7 Å². The first-order valence-corrected chi connectivity index (χ1v) is 9.66. The lowest BCUT2D eigenvalue weighted by atomic mass is 9.83. The number of hydrogen-bond donors (Lipinski definition) is 5. The Bertz CT molecular complexity index is 696. The normalized spacial score (nSPS) is 37.6. The Hall–Kier alpha value is -1.62. The zero-order chi connectivity index (χ0) is 18.6. The van der Waals surface area contributed by atoms with E-state index < -0.39 is 18.0 Å². The fourth-order valence-electron chi connectivity index (χ4n) is 4.38. The average Bonchev–Trinajstić information content (AvgIpc) is 3.25. The Morgan fingerprint density at radius 3 is 2.69 bits per heavy atom. The largest absolute Gasteiger partial charge is 0.477 e. The number of aliphatic hydroxyl groups is 1. The first-order valence-electron chi connectivity index (χ1n) is 8.78. The molecular weight excluding hydrogens is 360 g/mol. The van der Waals surface area contributed by atoms with E-state index in [-0.39, 0.29) is 40.9 Å². The quantitative estimate of drug-likeness (QED) is 0.373. The molecule has 3 saturated heterocycles. The highest BCUT2D eigenvalue weighted by Gasteiger charge is 2.57. The summed E-state index contributed by atoms with van der Waals surface area (Å²) in [4.78, 5) is 37.3. The number of nitrogens with one attached hydrogen (secondary N) is 3. The van der Waals surface area contributed by atoms with Gasteiger partial charge in [0, 0.05) is 35.6 Å². The summed E-state index contributed by atoms with van der Waals surface area (Å²) in [5.41, 5.74) is 5.66. The lowest BCUT2D eigenvalue weighted by molar-refractivity contribution is -0.161. The van der Waals surface area contributed by atoms with Crippen molar-refractivity contribution in [3.8, 4) is 0 Å². The van der Waals surface area contributed by atoms with Crippen molar-refractivity contribution < 1.29 is 24.6 Å². The second-order valence-electron chi connectivity index (χ2n) is 7.32. The number of amides is 2. The van der Waals surface area contributed by atoms with E-state index in [9.17, 15) is 24.6 Å². The molecule has 5 N–H and O–H groups in total. The van der Waals surface area contributed by atoms with Crippen LogP contribution in [0, 0.1) is 5.92 Å². The predicted octanol–water partition coefficient (Wildman–Crippen LogP) is -1.25. The molecule has 2 amide bonds. The SMILES string of the molecule is C[C@@H](O)[C@H]1C(=O)N2C(C(=O)O)=C(S[C@@H]3CN[C@H](C4CC(=O)NN4)C3)C[C@H]12. The van der Waals surface area contributed by atoms with E-state index in [1.54, 1.807) is 6.92 Å². The van der Waals surface area contributed by atoms with Gasteiger partial charge < -0.3 is 20.4 Å². The minimum Gasteiger partial charge on any atom is -0.477 e. The van der Waals surface area contributed by atoms with Crippen LogP contribution in [-0.2, 0) is 14.4 Å². The maximum atomic E-state index is 12.2. The van der Waals surface area contributed by atoms with Gasteiger partial charge in [0.1, 0.15) is 5.70 Å². The summed E-state index contributed by atoms with van der Waals surface area (Å²) in [5, 5.41) is 22.9. The summed E-state index contributed by atoms with van der Waals surface area (Å²) in [7, 11) is 0. The highest BCUT2D eigenvalue weighted by molar-refractivity contribution is 8.03. The number of carbonyl (C=O) groups is 3. The first kappa shape index (κ1) is 17.8. The maximum absolute atomic E-state index is 12.2. The summed E-state index contributed by atoms with van der Waals surface area (Å²) in [6.45, 7) is 2.29. The van der Waals surface area contributed by atoms with Gasteiger partial charge in [-0.2, -0.15) is 0 Å². The molecule has 9 nitrogen and oxygen atoms in total. The van der Waals surface area contributed by atoms with Crippen LogP contribution in [0.15, 0.2) is 10.6 Å². The Morgan fingerprint density at radius 2 is 2.08 bits per heavy atom. The minimum absolute atomic E-state index is 0.0216. The number of β-lactam (4-membered cyclic amide) rings is 1. The van der Waals surface area contributed by atoms with E-state index in [4.69, 9.17) is 0 Å². The molecule has 0 bridgehead atoms. The zero-order valence-electron chi connectivity index (χ0n) is 14.3. The molecule has 4 aliphatic heterocycles. The van der Waals surface area contributed by atoms with Crippen molar-refractivity contribution in [2.24, 2.45) is 5.92 Å². The second kappa shape index (κ2) is 6.52. The number of hydrazine groups is 1. The standard InChI is InChI=1S/C16H22N4O5S/c1-6(21)13-10-4-11(14(16(24)25)20(10)15(13)23)26-7-2-8(17-5-7)9-3-12(22)19-18-9/h6-10,13,17-18,21H,2-5H2,1H3,(H,19,22)(H,24,25)/t6-,7+,8+,9?,10-,13-/m1/s1. The number of carboxylic acids is 1. The molecule has 142 valence electrons. The van der Waals surface area contributed by atoms with Crippen molar-refractivity contribution >= 4 is 29.5 Å². The number of carboxylic acid groups (broad SMARTS) is 1. The lowest BCUT2D eigenvalue weighted by Gasteiger charge is -2.44. The number of thioether (sulfide) groups is 1. The number of aliphatic carboxylic acids is 1. The van der Waals surface area contributed by atoms with Crippen LogP contribution in [0.2, 0.25) is 0 Å². The van der Waals surface area contributed by atoms with Crippen molar-refractivity contribution in [1.82, 2.24) is 21.1 Å². The third kappa shape index (κ3) is 2.81. The molecule has 0 aliphatic carbocycles. The van der Waals surface area contributed by atoms with Crippen molar-refractivity contribution in [3.05, 3.63) is 10.6 Å². The van der Waals surface area contributed by atoms with Gasteiger partial charge in [-0.3, -0.25) is 15.0 Å². The molecule has 26 heavy (non-hydrogen) atoms. The number of aliphatic hydroxyl groups excluding tert-OH is 1. The number of rotatable bonds is 5. The van der Waals surface area contributed by atoms with Crippen LogP contribution < -0.4 is 16.2 Å². The summed E-state index contributed by atoms with van der Waals surface area (Å²) in [6, 6.07) is -0.0732.